The molecule has 1 atom stereocenters. The van der Waals surface area contributed by atoms with Crippen LogP contribution >= 0.6 is 0 Å². The van der Waals surface area contributed by atoms with Crippen LogP contribution in [0.2, 0.25) is 0 Å². The van der Waals surface area contributed by atoms with Crippen molar-refractivity contribution in [2.75, 3.05) is 18.5 Å². The summed E-state index contributed by atoms with van der Waals surface area (Å²) in [5.41, 5.74) is 5.85. The molecule has 1 aromatic carbocycles. The van der Waals surface area contributed by atoms with Gasteiger partial charge in [0.25, 0.3) is 5.78 Å². The second-order valence-electron chi connectivity index (χ2n) is 8.35. The molecule has 8 nitrogen and oxygen atoms in total. The van der Waals surface area contributed by atoms with Gasteiger partial charge in [0.1, 0.15) is 11.6 Å². The predicted molar refractivity (Wildman–Crippen MR) is 112 cm³/mol. The number of ether oxygens (including phenoxy) is 1. The molecule has 0 bridgehead atoms. The highest BCUT2D eigenvalue weighted by Crippen LogP contribution is 2.33. The van der Waals surface area contributed by atoms with E-state index in [0.717, 1.165) is 22.9 Å². The monoisotopic (exact) mass is 406 g/mol. The molecule has 1 amide bonds. The number of carbonyl (C=O) groups excluding carboxylic acids is 1. The summed E-state index contributed by atoms with van der Waals surface area (Å²) in [5, 5.41) is 12.0. The third kappa shape index (κ3) is 2.94. The molecule has 1 saturated heterocycles. The third-order valence-corrected chi connectivity index (χ3v) is 6.38. The van der Waals surface area contributed by atoms with Gasteiger partial charge < -0.3 is 15.0 Å². The number of aryl methyl sites for hydroxylation is 2. The van der Waals surface area contributed by atoms with Crippen molar-refractivity contribution in [2.45, 2.75) is 46.8 Å². The standard InChI is InChI=1S/C22H26N6O2/c1-12-6-5-7-17(13(12)2)14(3)23-20-18-8-27(21(29)16-10-30-11-16)9-19(18)28-15(4)25-26-22(28)24-20/h5-7,14,16H,8-11H2,1-4H3,(H,23,24,26). The molecule has 2 aliphatic heterocycles. The first-order valence-corrected chi connectivity index (χ1v) is 10.4. The Kier molecular flexibility index (Phi) is 4.47. The van der Waals surface area contributed by atoms with E-state index in [2.05, 4.69) is 54.5 Å². The smallest absolute Gasteiger partial charge is 0.257 e. The van der Waals surface area contributed by atoms with Gasteiger partial charge in [-0.15, -0.1) is 10.2 Å². The number of hydrogen-bond acceptors (Lipinski definition) is 6. The Morgan fingerprint density at radius 1 is 1.20 bits per heavy atom. The molecule has 2 aromatic heterocycles. The molecule has 0 radical (unpaired) electrons. The van der Waals surface area contributed by atoms with Crippen molar-refractivity contribution in [3.63, 3.8) is 0 Å². The van der Waals surface area contributed by atoms with Gasteiger partial charge in [-0.2, -0.15) is 4.98 Å². The topological polar surface area (TPSA) is 84.7 Å². The lowest BCUT2D eigenvalue weighted by atomic mass is 9.98. The number of anilines is 1. The maximum Gasteiger partial charge on any atom is 0.257 e. The number of hydrogen-bond donors (Lipinski definition) is 1. The average molecular weight is 406 g/mol. The van der Waals surface area contributed by atoms with Gasteiger partial charge in [0.15, 0.2) is 0 Å². The first kappa shape index (κ1) is 19.0. The number of benzene rings is 1. The van der Waals surface area contributed by atoms with Crippen molar-refractivity contribution in [3.8, 4) is 0 Å². The second kappa shape index (κ2) is 7.05. The Morgan fingerprint density at radius 3 is 2.73 bits per heavy atom. The summed E-state index contributed by atoms with van der Waals surface area (Å²) in [5.74, 6) is 2.23. The lowest BCUT2D eigenvalue weighted by Gasteiger charge is -2.29. The van der Waals surface area contributed by atoms with Gasteiger partial charge in [0, 0.05) is 5.56 Å². The number of aromatic nitrogens is 4. The van der Waals surface area contributed by atoms with Crippen LogP contribution in [0.5, 0.6) is 0 Å². The quantitative estimate of drug-likeness (QED) is 0.717. The normalized spacial score (nSPS) is 17.1. The van der Waals surface area contributed by atoms with Crippen LogP contribution in [0, 0.1) is 26.7 Å². The average Bonchev–Trinajstić information content (AvgIpc) is 3.26. The molecule has 0 spiro atoms. The van der Waals surface area contributed by atoms with E-state index in [-0.39, 0.29) is 17.9 Å². The number of amides is 1. The van der Waals surface area contributed by atoms with Gasteiger partial charge in [-0.25, -0.2) is 0 Å². The third-order valence-electron chi connectivity index (χ3n) is 6.38. The molecular weight excluding hydrogens is 380 g/mol. The minimum atomic E-state index is -0.0324. The summed E-state index contributed by atoms with van der Waals surface area (Å²) in [4.78, 5) is 19.5. The lowest BCUT2D eigenvalue weighted by molar-refractivity contribution is -0.150. The lowest BCUT2D eigenvalue weighted by Crippen LogP contribution is -2.42. The zero-order valence-electron chi connectivity index (χ0n) is 17.8. The van der Waals surface area contributed by atoms with Crippen molar-refractivity contribution >= 4 is 17.5 Å². The molecule has 30 heavy (non-hydrogen) atoms. The largest absolute Gasteiger partial charge is 0.380 e. The van der Waals surface area contributed by atoms with E-state index >= 15 is 0 Å². The van der Waals surface area contributed by atoms with Gasteiger partial charge in [0.2, 0.25) is 5.91 Å². The highest BCUT2D eigenvalue weighted by Gasteiger charge is 2.36. The van der Waals surface area contributed by atoms with E-state index in [9.17, 15) is 4.79 Å². The van der Waals surface area contributed by atoms with Gasteiger partial charge in [0.05, 0.1) is 44.0 Å². The number of fused-ring (bicyclic) bond motifs is 3. The first-order chi connectivity index (χ1) is 14.4. The van der Waals surface area contributed by atoms with Crippen LogP contribution in [0.1, 0.15) is 46.7 Å². The molecule has 1 fully saturated rings. The maximum atomic E-state index is 12.9. The van der Waals surface area contributed by atoms with Crippen molar-refractivity contribution in [3.05, 3.63) is 52.0 Å². The fraction of sp³-hybridized carbons (Fsp3) is 0.455. The molecule has 3 aromatic rings. The number of nitrogens with zero attached hydrogens (tertiary/aromatic N) is 5. The van der Waals surface area contributed by atoms with Crippen LogP contribution in [0.25, 0.3) is 5.78 Å². The van der Waals surface area contributed by atoms with Crippen LogP contribution in [0.3, 0.4) is 0 Å². The van der Waals surface area contributed by atoms with E-state index in [1.165, 1.54) is 16.7 Å². The molecule has 2 aliphatic rings. The van der Waals surface area contributed by atoms with Crippen LogP contribution in [0.15, 0.2) is 18.2 Å². The summed E-state index contributed by atoms with van der Waals surface area (Å²) >= 11 is 0. The zero-order chi connectivity index (χ0) is 21.0. The predicted octanol–water partition coefficient (Wildman–Crippen LogP) is 2.71. The first-order valence-electron chi connectivity index (χ1n) is 10.4. The van der Waals surface area contributed by atoms with E-state index in [4.69, 9.17) is 9.72 Å². The molecule has 156 valence electrons. The van der Waals surface area contributed by atoms with Gasteiger partial charge in [-0.3, -0.25) is 9.20 Å². The van der Waals surface area contributed by atoms with E-state index in [1.54, 1.807) is 0 Å². The van der Waals surface area contributed by atoms with Crippen LogP contribution in [0.4, 0.5) is 5.82 Å². The van der Waals surface area contributed by atoms with E-state index in [1.807, 2.05) is 16.2 Å². The Balaban J connectivity index is 1.52. The number of rotatable bonds is 4. The van der Waals surface area contributed by atoms with Crippen molar-refractivity contribution in [1.82, 2.24) is 24.5 Å². The number of nitrogens with one attached hydrogen (secondary N) is 1. The summed E-state index contributed by atoms with van der Waals surface area (Å²) in [6.45, 7) is 10.4. The van der Waals surface area contributed by atoms with Crippen molar-refractivity contribution in [1.29, 1.82) is 0 Å². The van der Waals surface area contributed by atoms with E-state index < -0.39 is 0 Å². The fourth-order valence-electron chi connectivity index (χ4n) is 4.38. The molecule has 0 saturated carbocycles. The van der Waals surface area contributed by atoms with Gasteiger partial charge >= 0.3 is 0 Å². The van der Waals surface area contributed by atoms with Crippen molar-refractivity contribution in [2.24, 2.45) is 5.92 Å². The fourth-order valence-corrected chi connectivity index (χ4v) is 4.38. The summed E-state index contributed by atoms with van der Waals surface area (Å²) < 4.78 is 7.18. The van der Waals surface area contributed by atoms with Gasteiger partial charge in [-0.05, 0) is 44.4 Å². The Morgan fingerprint density at radius 2 is 2.00 bits per heavy atom. The molecule has 1 unspecified atom stereocenters. The number of carbonyl (C=O) groups is 1. The molecule has 5 rings (SSSR count). The molecule has 1 N–H and O–H groups in total. The van der Waals surface area contributed by atoms with Gasteiger partial charge in [-0.1, -0.05) is 18.2 Å². The molecule has 0 aliphatic carbocycles. The summed E-state index contributed by atoms with van der Waals surface area (Å²) in [7, 11) is 0. The highest BCUT2D eigenvalue weighted by atomic mass is 16.5. The highest BCUT2D eigenvalue weighted by molar-refractivity contribution is 5.81. The minimum absolute atomic E-state index is 0.0324. The van der Waals surface area contributed by atoms with Crippen molar-refractivity contribution < 1.29 is 9.53 Å². The van der Waals surface area contributed by atoms with Crippen LogP contribution in [-0.4, -0.2) is 43.6 Å². The van der Waals surface area contributed by atoms with Crippen LogP contribution < -0.4 is 5.32 Å². The second-order valence-corrected chi connectivity index (χ2v) is 8.35. The summed E-state index contributed by atoms with van der Waals surface area (Å²) in [6, 6.07) is 6.42. The van der Waals surface area contributed by atoms with Crippen LogP contribution in [-0.2, 0) is 22.6 Å². The Labute approximate surface area is 175 Å². The maximum absolute atomic E-state index is 12.9. The Bertz CT molecular complexity index is 1150. The Hall–Kier alpha value is -3.00. The molecular formula is C22H26N6O2. The molecule has 4 heterocycles. The zero-order valence-corrected chi connectivity index (χ0v) is 17.8. The summed E-state index contributed by atoms with van der Waals surface area (Å²) in [6.07, 6.45) is 0. The minimum Gasteiger partial charge on any atom is -0.380 e. The molecule has 8 heteroatoms. The SMILES string of the molecule is Cc1cccc(C(C)Nc2nc3nnc(C)n3c3c2CN(C(=O)C2COC2)C3)c1C. The van der Waals surface area contributed by atoms with E-state index in [0.29, 0.717) is 32.1 Å².